The van der Waals surface area contributed by atoms with E-state index in [0.29, 0.717) is 11.4 Å². The third kappa shape index (κ3) is 4.95. The minimum absolute atomic E-state index is 0.0978. The summed E-state index contributed by atoms with van der Waals surface area (Å²) in [4.78, 5) is 30.9. The summed E-state index contributed by atoms with van der Waals surface area (Å²) >= 11 is 1.62. The molecule has 2 N–H and O–H groups in total. The van der Waals surface area contributed by atoms with Crippen molar-refractivity contribution in [3.8, 4) is 0 Å². The number of para-hydroxylation sites is 2. The first-order valence-corrected chi connectivity index (χ1v) is 11.1. The van der Waals surface area contributed by atoms with E-state index in [0.717, 1.165) is 21.6 Å². The van der Waals surface area contributed by atoms with Gasteiger partial charge in [-0.15, -0.1) is 11.8 Å². The summed E-state index contributed by atoms with van der Waals surface area (Å²) in [5.74, 6) is 0.285. The zero-order valence-electron chi connectivity index (χ0n) is 17.0. The van der Waals surface area contributed by atoms with Crippen molar-refractivity contribution in [2.45, 2.75) is 18.0 Å². The molecule has 0 aliphatic rings. The lowest BCUT2D eigenvalue weighted by Gasteiger charge is -2.11. The molecule has 0 aliphatic carbocycles. The van der Waals surface area contributed by atoms with Gasteiger partial charge in [0.25, 0.3) is 5.91 Å². The summed E-state index contributed by atoms with van der Waals surface area (Å²) < 4.78 is 1.84. The van der Waals surface area contributed by atoms with Crippen molar-refractivity contribution in [2.75, 3.05) is 11.6 Å². The zero-order chi connectivity index (χ0) is 21.6. The Labute approximate surface area is 184 Å². The predicted octanol–water partition coefficient (Wildman–Crippen LogP) is 4.33. The highest BCUT2D eigenvalue weighted by Gasteiger charge is 2.15. The Balaban J connectivity index is 1.53. The van der Waals surface area contributed by atoms with Gasteiger partial charge in [-0.3, -0.25) is 9.59 Å². The van der Waals surface area contributed by atoms with Crippen molar-refractivity contribution in [3.05, 3.63) is 90.3 Å². The average Bonchev–Trinajstić information content (AvgIpc) is 3.15. The number of imidazole rings is 1. The minimum Gasteiger partial charge on any atom is -0.345 e. The van der Waals surface area contributed by atoms with Crippen LogP contribution in [0.15, 0.2) is 83.8 Å². The quantitative estimate of drug-likeness (QED) is 0.428. The van der Waals surface area contributed by atoms with Gasteiger partial charge in [0.1, 0.15) is 12.4 Å². The second-order valence-corrected chi connectivity index (χ2v) is 7.81. The summed E-state index contributed by atoms with van der Waals surface area (Å²) in [6.07, 6.45) is 1.99. The van der Waals surface area contributed by atoms with E-state index in [1.54, 1.807) is 23.9 Å². The number of rotatable bonds is 7. The van der Waals surface area contributed by atoms with Crippen LogP contribution >= 0.6 is 11.8 Å². The van der Waals surface area contributed by atoms with Gasteiger partial charge in [0, 0.05) is 16.1 Å². The summed E-state index contributed by atoms with van der Waals surface area (Å²) in [5.41, 5.74) is 2.96. The van der Waals surface area contributed by atoms with E-state index in [2.05, 4.69) is 15.6 Å². The summed E-state index contributed by atoms with van der Waals surface area (Å²) in [5, 5.41) is 5.85. The van der Waals surface area contributed by atoms with E-state index in [1.807, 2.05) is 77.6 Å². The Morgan fingerprint density at radius 1 is 0.968 bits per heavy atom. The molecule has 0 unspecified atom stereocenters. The number of hydrogen-bond acceptors (Lipinski definition) is 4. The molecule has 0 spiro atoms. The number of anilines is 1. The van der Waals surface area contributed by atoms with Crippen molar-refractivity contribution in [3.63, 3.8) is 0 Å². The SMILES string of the molecule is CSc1cccc(NC(=O)Cn2c(CNC(=O)c3ccccc3)nc3ccccc32)c1. The van der Waals surface area contributed by atoms with E-state index in [-0.39, 0.29) is 24.9 Å². The van der Waals surface area contributed by atoms with Gasteiger partial charge in [-0.1, -0.05) is 36.4 Å². The Kier molecular flexibility index (Phi) is 6.33. The number of fused-ring (bicyclic) bond motifs is 1. The first kappa shape index (κ1) is 20.7. The molecule has 0 bridgehead atoms. The Bertz CT molecular complexity index is 1220. The van der Waals surface area contributed by atoms with Gasteiger partial charge < -0.3 is 15.2 Å². The van der Waals surface area contributed by atoms with Crippen molar-refractivity contribution in [1.29, 1.82) is 0 Å². The number of thioether (sulfide) groups is 1. The first-order chi connectivity index (χ1) is 15.1. The van der Waals surface area contributed by atoms with Gasteiger partial charge in [0.05, 0.1) is 17.6 Å². The number of hydrogen-bond donors (Lipinski definition) is 2. The molecular formula is C24H22N4O2S. The molecule has 0 saturated heterocycles. The number of carbonyl (C=O) groups is 2. The van der Waals surface area contributed by atoms with Crippen molar-refractivity contribution >= 4 is 40.3 Å². The fraction of sp³-hybridized carbons (Fsp3) is 0.125. The molecule has 2 amide bonds. The van der Waals surface area contributed by atoms with E-state index in [4.69, 9.17) is 0 Å². The van der Waals surface area contributed by atoms with Gasteiger partial charge in [-0.05, 0) is 48.7 Å². The molecule has 0 saturated carbocycles. The summed E-state index contributed by atoms with van der Waals surface area (Å²) in [7, 11) is 0. The minimum atomic E-state index is -0.183. The molecule has 4 aromatic rings. The number of nitrogens with one attached hydrogen (secondary N) is 2. The van der Waals surface area contributed by atoms with Crippen LogP contribution in [-0.4, -0.2) is 27.6 Å². The standard InChI is InChI=1S/C24H22N4O2S/c1-31-19-11-7-10-18(14-19)26-23(29)16-28-21-13-6-5-12-20(21)27-22(28)15-25-24(30)17-8-3-2-4-9-17/h2-14H,15-16H2,1H3,(H,25,30)(H,26,29). The lowest BCUT2D eigenvalue weighted by molar-refractivity contribution is -0.116. The summed E-state index contributed by atoms with van der Waals surface area (Å²) in [6.45, 7) is 0.318. The van der Waals surface area contributed by atoms with Crippen LogP contribution in [0, 0.1) is 0 Å². The highest BCUT2D eigenvalue weighted by Crippen LogP contribution is 2.20. The van der Waals surface area contributed by atoms with Crippen LogP contribution in [0.1, 0.15) is 16.2 Å². The Hall–Kier alpha value is -3.58. The van der Waals surface area contributed by atoms with Gasteiger partial charge in [-0.25, -0.2) is 4.98 Å². The molecule has 31 heavy (non-hydrogen) atoms. The maximum Gasteiger partial charge on any atom is 0.251 e. The second kappa shape index (κ2) is 9.49. The highest BCUT2D eigenvalue weighted by molar-refractivity contribution is 7.98. The van der Waals surface area contributed by atoms with E-state index < -0.39 is 0 Å². The van der Waals surface area contributed by atoms with Crippen LogP contribution in [0.3, 0.4) is 0 Å². The van der Waals surface area contributed by atoms with E-state index in [9.17, 15) is 9.59 Å². The normalized spacial score (nSPS) is 10.7. The average molecular weight is 431 g/mol. The maximum absolute atomic E-state index is 12.8. The Morgan fingerprint density at radius 3 is 2.55 bits per heavy atom. The number of aromatic nitrogens is 2. The van der Waals surface area contributed by atoms with Gasteiger partial charge in [-0.2, -0.15) is 0 Å². The van der Waals surface area contributed by atoms with E-state index >= 15 is 0 Å². The first-order valence-electron chi connectivity index (χ1n) is 9.85. The van der Waals surface area contributed by atoms with Gasteiger partial charge in [0.15, 0.2) is 0 Å². The van der Waals surface area contributed by atoms with Crippen LogP contribution in [0.4, 0.5) is 5.69 Å². The zero-order valence-corrected chi connectivity index (χ0v) is 17.9. The fourth-order valence-corrected chi connectivity index (χ4v) is 3.79. The Morgan fingerprint density at radius 2 is 1.74 bits per heavy atom. The number of amides is 2. The largest absolute Gasteiger partial charge is 0.345 e. The van der Waals surface area contributed by atoms with Crippen LogP contribution in [0.2, 0.25) is 0 Å². The summed E-state index contributed by atoms with van der Waals surface area (Å²) in [6, 6.07) is 24.4. The molecule has 0 fully saturated rings. The molecule has 0 radical (unpaired) electrons. The smallest absolute Gasteiger partial charge is 0.251 e. The van der Waals surface area contributed by atoms with Crippen LogP contribution in [0.5, 0.6) is 0 Å². The monoisotopic (exact) mass is 430 g/mol. The predicted molar refractivity (Wildman–Crippen MR) is 124 cm³/mol. The van der Waals surface area contributed by atoms with Crippen molar-refractivity contribution in [1.82, 2.24) is 14.9 Å². The molecule has 0 atom stereocenters. The third-order valence-electron chi connectivity index (χ3n) is 4.83. The highest BCUT2D eigenvalue weighted by atomic mass is 32.2. The molecule has 1 aromatic heterocycles. The van der Waals surface area contributed by atoms with Crippen LogP contribution in [-0.2, 0) is 17.9 Å². The number of carbonyl (C=O) groups excluding carboxylic acids is 2. The van der Waals surface area contributed by atoms with Crippen molar-refractivity contribution < 1.29 is 9.59 Å². The number of nitrogens with zero attached hydrogens (tertiary/aromatic N) is 2. The third-order valence-corrected chi connectivity index (χ3v) is 5.56. The van der Waals surface area contributed by atoms with E-state index in [1.165, 1.54) is 0 Å². The topological polar surface area (TPSA) is 76.0 Å². The molecule has 7 heteroatoms. The van der Waals surface area contributed by atoms with Gasteiger partial charge in [0.2, 0.25) is 5.91 Å². The molecule has 3 aromatic carbocycles. The lowest BCUT2D eigenvalue weighted by Crippen LogP contribution is -2.26. The molecule has 1 heterocycles. The van der Waals surface area contributed by atoms with Crippen LogP contribution < -0.4 is 10.6 Å². The lowest BCUT2D eigenvalue weighted by atomic mass is 10.2. The van der Waals surface area contributed by atoms with Crippen molar-refractivity contribution in [2.24, 2.45) is 0 Å². The number of benzene rings is 3. The fourth-order valence-electron chi connectivity index (χ4n) is 3.33. The maximum atomic E-state index is 12.8. The van der Waals surface area contributed by atoms with Gasteiger partial charge >= 0.3 is 0 Å². The molecule has 6 nitrogen and oxygen atoms in total. The molecular weight excluding hydrogens is 408 g/mol. The molecule has 0 aliphatic heterocycles. The molecule has 156 valence electrons. The second-order valence-electron chi connectivity index (χ2n) is 6.93. The molecule has 4 rings (SSSR count). The van der Waals surface area contributed by atoms with Crippen LogP contribution in [0.25, 0.3) is 11.0 Å².